The Labute approximate surface area is 201 Å². The molecule has 0 amide bonds. The maximum Gasteiger partial charge on any atom is 0.155 e. The molecule has 4 rings (SSSR count). The lowest BCUT2D eigenvalue weighted by Gasteiger charge is -2.64. The smallest absolute Gasteiger partial charge is 0.155 e. The molecule has 8 unspecified atom stereocenters. The Morgan fingerprint density at radius 3 is 2.42 bits per heavy atom. The van der Waals surface area contributed by atoms with Gasteiger partial charge in [-0.1, -0.05) is 58.8 Å². The normalized spacial score (nSPS) is 44.8. The average molecular weight is 455 g/mol. The third-order valence-electron chi connectivity index (χ3n) is 11.2. The van der Waals surface area contributed by atoms with Gasteiger partial charge in [-0.25, -0.2) is 0 Å². The summed E-state index contributed by atoms with van der Waals surface area (Å²) in [4.78, 5) is 25.4. The van der Waals surface area contributed by atoms with Crippen LogP contribution in [0.3, 0.4) is 0 Å². The molecule has 3 heteroatoms. The monoisotopic (exact) mass is 454 g/mol. The second-order valence-electron chi connectivity index (χ2n) is 13.6. The van der Waals surface area contributed by atoms with E-state index >= 15 is 0 Å². The van der Waals surface area contributed by atoms with Crippen molar-refractivity contribution in [3.8, 4) is 0 Å². The van der Waals surface area contributed by atoms with Crippen molar-refractivity contribution in [2.45, 2.75) is 106 Å². The van der Waals surface area contributed by atoms with Crippen LogP contribution in [-0.4, -0.2) is 22.8 Å². The fourth-order valence-electron chi connectivity index (χ4n) is 9.46. The van der Waals surface area contributed by atoms with Gasteiger partial charge in [0, 0.05) is 24.2 Å². The van der Waals surface area contributed by atoms with Gasteiger partial charge in [-0.3, -0.25) is 9.59 Å². The Kier molecular flexibility index (Phi) is 5.96. The van der Waals surface area contributed by atoms with Gasteiger partial charge in [-0.2, -0.15) is 0 Å². The first-order chi connectivity index (χ1) is 15.2. The van der Waals surface area contributed by atoms with Crippen molar-refractivity contribution in [3.63, 3.8) is 0 Å². The second kappa shape index (κ2) is 7.90. The van der Waals surface area contributed by atoms with E-state index in [1.807, 2.05) is 13.8 Å². The van der Waals surface area contributed by atoms with Crippen LogP contribution < -0.4 is 0 Å². The Balaban J connectivity index is 1.69. The van der Waals surface area contributed by atoms with Crippen LogP contribution in [0, 0.1) is 45.3 Å². The first kappa shape index (κ1) is 24.9. The molecule has 0 spiro atoms. The average Bonchev–Trinajstić information content (AvgIpc) is 2.96. The van der Waals surface area contributed by atoms with E-state index in [2.05, 4.69) is 47.6 Å². The van der Waals surface area contributed by atoms with E-state index in [0.717, 1.165) is 31.3 Å². The Hall–Kier alpha value is -1.22. The molecule has 3 nitrogen and oxygen atoms in total. The van der Waals surface area contributed by atoms with Crippen LogP contribution >= 0.6 is 0 Å². The van der Waals surface area contributed by atoms with Crippen LogP contribution in [0.1, 0.15) is 100 Å². The lowest BCUT2D eigenvalue weighted by atomic mass is 9.40. The summed E-state index contributed by atoms with van der Waals surface area (Å²) in [6.45, 7) is 17.7. The van der Waals surface area contributed by atoms with Crippen molar-refractivity contribution in [3.05, 3.63) is 23.3 Å². The largest absolute Gasteiger partial charge is 0.389 e. The predicted octanol–water partition coefficient (Wildman–Crippen LogP) is 6.69. The summed E-state index contributed by atoms with van der Waals surface area (Å²) in [6.07, 6.45) is 10.2. The van der Waals surface area contributed by atoms with E-state index in [1.165, 1.54) is 12.0 Å². The molecular formula is C30H46O3. The fraction of sp³-hybridized carbons (Fsp3) is 0.800. The molecule has 0 aromatic carbocycles. The number of hydrogen-bond donors (Lipinski definition) is 1. The Morgan fingerprint density at radius 2 is 1.79 bits per heavy atom. The zero-order valence-electron chi connectivity index (χ0n) is 22.3. The van der Waals surface area contributed by atoms with Crippen molar-refractivity contribution in [2.75, 3.05) is 0 Å². The highest BCUT2D eigenvalue weighted by Gasteiger charge is 2.66. The SMILES string of the molecule is CC(C)=CC(=O)CC(C)C1CCC2(C)C3=CC(O)C4C(C)(C)C(=O)CCC4(C)C3CCC12C. The molecule has 33 heavy (non-hydrogen) atoms. The Morgan fingerprint density at radius 1 is 1.12 bits per heavy atom. The van der Waals surface area contributed by atoms with Gasteiger partial charge in [-0.05, 0) is 86.0 Å². The molecule has 4 aliphatic carbocycles. The molecule has 0 radical (unpaired) electrons. The van der Waals surface area contributed by atoms with Crippen LogP contribution in [0.2, 0.25) is 0 Å². The summed E-state index contributed by atoms with van der Waals surface area (Å²) in [6, 6.07) is 0. The molecule has 4 aliphatic rings. The topological polar surface area (TPSA) is 54.4 Å². The minimum absolute atomic E-state index is 0.00854. The minimum Gasteiger partial charge on any atom is -0.389 e. The third-order valence-corrected chi connectivity index (χ3v) is 11.2. The van der Waals surface area contributed by atoms with Crippen molar-refractivity contribution < 1.29 is 14.7 Å². The lowest BCUT2D eigenvalue weighted by Crippen LogP contribution is -2.60. The maximum atomic E-state index is 12.8. The molecule has 3 fully saturated rings. The number of aliphatic hydroxyl groups is 1. The van der Waals surface area contributed by atoms with Crippen molar-refractivity contribution >= 4 is 11.6 Å². The van der Waals surface area contributed by atoms with Crippen molar-refractivity contribution in [2.24, 2.45) is 45.3 Å². The van der Waals surface area contributed by atoms with E-state index in [0.29, 0.717) is 36.4 Å². The maximum absolute atomic E-state index is 12.8. The van der Waals surface area contributed by atoms with Gasteiger partial charge in [0.2, 0.25) is 0 Å². The quantitative estimate of drug-likeness (QED) is 0.380. The molecule has 184 valence electrons. The van der Waals surface area contributed by atoms with Crippen LogP contribution in [0.15, 0.2) is 23.3 Å². The number of Topliss-reactive ketones (excluding diaryl/α,β-unsaturated/α-hetero) is 1. The Bertz CT molecular complexity index is 906. The highest BCUT2D eigenvalue weighted by atomic mass is 16.3. The third kappa shape index (κ3) is 3.46. The number of allylic oxidation sites excluding steroid dienone is 3. The standard InChI is InChI=1S/C30H46O3/c1-18(2)15-20(31)16-19(3)21-9-13-30(8)23-17-24(32)26-27(4,5)25(33)11-12-28(26,6)22(23)10-14-29(21,30)7/h15,17,19,21-22,24,26,32H,9-14,16H2,1-8H3. The highest BCUT2D eigenvalue weighted by molar-refractivity contribution is 5.90. The molecule has 0 bridgehead atoms. The zero-order valence-corrected chi connectivity index (χ0v) is 22.3. The van der Waals surface area contributed by atoms with E-state index < -0.39 is 11.5 Å². The molecule has 0 aliphatic heterocycles. The van der Waals surface area contributed by atoms with Gasteiger partial charge >= 0.3 is 0 Å². The van der Waals surface area contributed by atoms with Crippen molar-refractivity contribution in [1.29, 1.82) is 0 Å². The van der Waals surface area contributed by atoms with E-state index in [-0.39, 0.29) is 27.9 Å². The summed E-state index contributed by atoms with van der Waals surface area (Å²) in [5, 5.41) is 11.5. The van der Waals surface area contributed by atoms with Gasteiger partial charge in [-0.15, -0.1) is 0 Å². The molecule has 1 N–H and O–H groups in total. The summed E-state index contributed by atoms with van der Waals surface area (Å²) in [7, 11) is 0. The van der Waals surface area contributed by atoms with Crippen LogP contribution in [0.5, 0.6) is 0 Å². The number of carbonyl (C=O) groups excluding carboxylic acids is 2. The number of carbonyl (C=O) groups is 2. The van der Waals surface area contributed by atoms with Gasteiger partial charge in [0.1, 0.15) is 5.78 Å². The minimum atomic E-state index is -0.560. The fourth-order valence-corrected chi connectivity index (χ4v) is 9.46. The lowest BCUT2D eigenvalue weighted by molar-refractivity contribution is -0.156. The number of rotatable bonds is 4. The number of fused-ring (bicyclic) bond motifs is 5. The van der Waals surface area contributed by atoms with Crippen LogP contribution in [-0.2, 0) is 9.59 Å². The second-order valence-corrected chi connectivity index (χ2v) is 13.6. The molecule has 0 aromatic rings. The number of hydrogen-bond acceptors (Lipinski definition) is 3. The zero-order chi connectivity index (χ0) is 24.6. The number of aliphatic hydroxyl groups excluding tert-OH is 1. The van der Waals surface area contributed by atoms with E-state index in [1.54, 1.807) is 6.08 Å². The highest BCUT2D eigenvalue weighted by Crippen LogP contribution is 2.73. The molecule has 3 saturated carbocycles. The summed E-state index contributed by atoms with van der Waals surface area (Å²) in [5.41, 5.74) is 2.23. The van der Waals surface area contributed by atoms with Crippen molar-refractivity contribution in [1.82, 2.24) is 0 Å². The molecule has 8 atom stereocenters. The molecular weight excluding hydrogens is 408 g/mol. The van der Waals surface area contributed by atoms with Gasteiger partial charge in [0.25, 0.3) is 0 Å². The van der Waals surface area contributed by atoms with Gasteiger partial charge in [0.05, 0.1) is 6.10 Å². The van der Waals surface area contributed by atoms with Crippen LogP contribution in [0.4, 0.5) is 0 Å². The van der Waals surface area contributed by atoms with Crippen LogP contribution in [0.25, 0.3) is 0 Å². The van der Waals surface area contributed by atoms with Gasteiger partial charge < -0.3 is 5.11 Å². The number of ketones is 2. The van der Waals surface area contributed by atoms with E-state index in [4.69, 9.17) is 0 Å². The summed E-state index contributed by atoms with van der Waals surface area (Å²) in [5.74, 6) is 1.88. The summed E-state index contributed by atoms with van der Waals surface area (Å²) < 4.78 is 0. The first-order valence-electron chi connectivity index (χ1n) is 13.3. The molecule has 0 aromatic heterocycles. The molecule has 0 saturated heterocycles. The van der Waals surface area contributed by atoms with E-state index in [9.17, 15) is 14.7 Å². The summed E-state index contributed by atoms with van der Waals surface area (Å²) >= 11 is 0. The first-order valence-corrected chi connectivity index (χ1v) is 13.3. The predicted molar refractivity (Wildman–Crippen MR) is 134 cm³/mol. The van der Waals surface area contributed by atoms with Gasteiger partial charge in [0.15, 0.2) is 5.78 Å². The molecule has 0 heterocycles.